The first-order chi connectivity index (χ1) is 13.4. The molecule has 2 aromatic rings. The van der Waals surface area contributed by atoms with E-state index in [-0.39, 0.29) is 10.6 Å². The highest BCUT2D eigenvalue weighted by Gasteiger charge is 2.15. The number of nitrogens with one attached hydrogen (secondary N) is 1. The Bertz CT molecular complexity index is 972. The SMILES string of the molecule is C1CCNCC1.Cc1ccc(S(=O)(=O)O)cc1.O=S(=O)(O)c1cc(O)ccc1O. The number of aryl methyl sites for hydroxylation is 1. The summed E-state index contributed by atoms with van der Waals surface area (Å²) in [6.07, 6.45) is 4.22. The molecule has 1 fully saturated rings. The van der Waals surface area contributed by atoms with Crippen molar-refractivity contribution in [2.75, 3.05) is 13.1 Å². The highest BCUT2D eigenvalue weighted by Crippen LogP contribution is 2.25. The topological polar surface area (TPSA) is 161 Å². The summed E-state index contributed by atoms with van der Waals surface area (Å²) in [4.78, 5) is -0.773. The molecule has 1 heterocycles. The molecular formula is C18H25NO8S2. The van der Waals surface area contributed by atoms with Gasteiger partial charge in [0, 0.05) is 6.07 Å². The normalized spacial score (nSPS) is 14.0. The van der Waals surface area contributed by atoms with Crippen LogP contribution in [-0.2, 0) is 20.2 Å². The summed E-state index contributed by atoms with van der Waals surface area (Å²) in [5.74, 6) is -0.948. The van der Waals surface area contributed by atoms with Crippen molar-refractivity contribution < 1.29 is 36.2 Å². The third-order valence-electron chi connectivity index (χ3n) is 3.75. The fraction of sp³-hybridized carbons (Fsp3) is 0.333. The molecule has 11 heteroatoms. The Morgan fingerprint density at radius 1 is 0.793 bits per heavy atom. The van der Waals surface area contributed by atoms with E-state index in [0.29, 0.717) is 0 Å². The fourth-order valence-corrected chi connectivity index (χ4v) is 3.30. The average Bonchev–Trinajstić information content (AvgIpc) is 2.65. The van der Waals surface area contributed by atoms with Gasteiger partial charge in [0.2, 0.25) is 0 Å². The van der Waals surface area contributed by atoms with E-state index in [1.807, 2.05) is 6.92 Å². The minimum Gasteiger partial charge on any atom is -0.508 e. The van der Waals surface area contributed by atoms with Crippen LogP contribution in [0.5, 0.6) is 11.5 Å². The van der Waals surface area contributed by atoms with E-state index in [4.69, 9.17) is 19.3 Å². The van der Waals surface area contributed by atoms with E-state index in [0.717, 1.165) is 23.8 Å². The molecule has 162 valence electrons. The second kappa shape index (κ2) is 11.1. The number of piperidine rings is 1. The van der Waals surface area contributed by atoms with Gasteiger partial charge in [-0.25, -0.2) is 0 Å². The lowest BCUT2D eigenvalue weighted by Gasteiger charge is -2.08. The van der Waals surface area contributed by atoms with Gasteiger partial charge in [-0.1, -0.05) is 24.1 Å². The maximum absolute atomic E-state index is 10.5. The van der Waals surface area contributed by atoms with Gasteiger partial charge in [-0.05, 0) is 57.1 Å². The standard InChI is InChI=1S/C7H8O3S.C6H6O5S.C5H11N/c1-6-2-4-7(5-3-6)11(8,9)10;7-4-1-2-5(8)6(3-4)12(9,10)11;1-2-4-6-5-3-1/h2-5H,1H3,(H,8,9,10);1-3,7-8H,(H,9,10,11);6H,1-5H2. The van der Waals surface area contributed by atoms with Gasteiger partial charge in [0.25, 0.3) is 20.2 Å². The molecule has 1 saturated heterocycles. The molecule has 0 bridgehead atoms. The van der Waals surface area contributed by atoms with Crippen molar-refractivity contribution in [2.24, 2.45) is 0 Å². The van der Waals surface area contributed by atoms with Gasteiger partial charge in [0.1, 0.15) is 16.4 Å². The lowest BCUT2D eigenvalue weighted by atomic mass is 10.2. The quantitative estimate of drug-likeness (QED) is 0.344. The molecule has 1 aliphatic heterocycles. The molecule has 0 spiro atoms. The molecule has 0 aromatic heterocycles. The molecule has 0 radical (unpaired) electrons. The zero-order chi connectivity index (χ0) is 22.1. The van der Waals surface area contributed by atoms with Crippen molar-refractivity contribution in [3.05, 3.63) is 48.0 Å². The predicted molar refractivity (Wildman–Crippen MR) is 107 cm³/mol. The van der Waals surface area contributed by atoms with Gasteiger partial charge in [0.15, 0.2) is 0 Å². The molecule has 29 heavy (non-hydrogen) atoms. The van der Waals surface area contributed by atoms with Gasteiger partial charge in [-0.2, -0.15) is 16.8 Å². The number of rotatable bonds is 2. The van der Waals surface area contributed by atoms with Crippen molar-refractivity contribution in [2.45, 2.75) is 36.0 Å². The molecule has 9 nitrogen and oxygen atoms in total. The zero-order valence-corrected chi connectivity index (χ0v) is 17.4. The number of aromatic hydroxyl groups is 2. The molecule has 0 amide bonds. The van der Waals surface area contributed by atoms with Crippen LogP contribution < -0.4 is 5.32 Å². The number of benzene rings is 2. The van der Waals surface area contributed by atoms with Gasteiger partial charge < -0.3 is 15.5 Å². The Morgan fingerprint density at radius 2 is 1.34 bits per heavy atom. The smallest absolute Gasteiger partial charge is 0.298 e. The van der Waals surface area contributed by atoms with E-state index in [9.17, 15) is 16.8 Å². The Hall–Kier alpha value is -2.18. The Labute approximate surface area is 170 Å². The molecule has 0 atom stereocenters. The van der Waals surface area contributed by atoms with Crippen molar-refractivity contribution in [1.82, 2.24) is 5.32 Å². The van der Waals surface area contributed by atoms with Crippen LogP contribution >= 0.6 is 0 Å². The number of phenols is 2. The highest BCUT2D eigenvalue weighted by atomic mass is 32.2. The summed E-state index contributed by atoms with van der Waals surface area (Å²) in [7, 11) is -8.49. The van der Waals surface area contributed by atoms with E-state index in [1.165, 1.54) is 44.5 Å². The third-order valence-corrected chi connectivity index (χ3v) is 5.50. The Kier molecular flexibility index (Phi) is 9.53. The summed E-state index contributed by atoms with van der Waals surface area (Å²) < 4.78 is 59.0. The molecule has 0 saturated carbocycles. The molecular weight excluding hydrogens is 422 g/mol. The minimum atomic E-state index is -4.47. The maximum atomic E-state index is 10.5. The van der Waals surface area contributed by atoms with E-state index in [2.05, 4.69) is 5.32 Å². The summed E-state index contributed by atoms with van der Waals surface area (Å²) in [5, 5.41) is 21.0. The van der Waals surface area contributed by atoms with E-state index in [1.54, 1.807) is 12.1 Å². The van der Waals surface area contributed by atoms with Crippen LogP contribution in [-0.4, -0.2) is 49.2 Å². The van der Waals surface area contributed by atoms with Gasteiger partial charge >= 0.3 is 0 Å². The fourth-order valence-electron chi connectivity index (χ4n) is 2.22. The lowest BCUT2D eigenvalue weighted by molar-refractivity contribution is 0.433. The van der Waals surface area contributed by atoms with Crippen LogP contribution in [0, 0.1) is 6.92 Å². The summed E-state index contributed by atoms with van der Waals surface area (Å²) in [6.45, 7) is 4.34. The van der Waals surface area contributed by atoms with Crippen LogP contribution in [0.3, 0.4) is 0 Å². The number of hydrogen-bond acceptors (Lipinski definition) is 7. The van der Waals surface area contributed by atoms with Crippen molar-refractivity contribution in [3.8, 4) is 11.5 Å². The van der Waals surface area contributed by atoms with Gasteiger partial charge in [-0.3, -0.25) is 9.11 Å². The Morgan fingerprint density at radius 3 is 1.69 bits per heavy atom. The van der Waals surface area contributed by atoms with E-state index < -0.39 is 30.9 Å². The van der Waals surface area contributed by atoms with Crippen molar-refractivity contribution in [1.29, 1.82) is 0 Å². The van der Waals surface area contributed by atoms with Crippen molar-refractivity contribution in [3.63, 3.8) is 0 Å². The lowest BCUT2D eigenvalue weighted by Crippen LogP contribution is -2.21. The predicted octanol–water partition coefficient (Wildman–Crippen LogP) is 2.35. The molecule has 2 aromatic carbocycles. The summed E-state index contributed by atoms with van der Waals surface area (Å²) in [6, 6.07) is 8.81. The largest absolute Gasteiger partial charge is 0.508 e. The molecule has 0 unspecified atom stereocenters. The van der Waals surface area contributed by atoms with Crippen molar-refractivity contribution >= 4 is 20.2 Å². The molecule has 5 N–H and O–H groups in total. The van der Waals surface area contributed by atoms with Crippen LogP contribution in [0.15, 0.2) is 52.3 Å². The number of hydrogen-bond donors (Lipinski definition) is 5. The average molecular weight is 448 g/mol. The number of phenolic OH excluding ortho intramolecular Hbond substituents is 2. The van der Waals surface area contributed by atoms with Crippen LogP contribution in [0.25, 0.3) is 0 Å². The third kappa shape index (κ3) is 9.72. The minimum absolute atomic E-state index is 0.0666. The first-order valence-electron chi connectivity index (χ1n) is 8.65. The molecule has 0 aliphatic carbocycles. The Balaban J connectivity index is 0.000000229. The second-order valence-electron chi connectivity index (χ2n) is 6.23. The first kappa shape index (κ1) is 24.9. The van der Waals surface area contributed by atoms with Gasteiger partial charge in [0.05, 0.1) is 4.90 Å². The molecule has 1 aliphatic rings. The van der Waals surface area contributed by atoms with Crippen LogP contribution in [0.4, 0.5) is 0 Å². The monoisotopic (exact) mass is 447 g/mol. The highest BCUT2D eigenvalue weighted by molar-refractivity contribution is 7.86. The summed E-state index contributed by atoms with van der Waals surface area (Å²) >= 11 is 0. The maximum Gasteiger partial charge on any atom is 0.298 e. The zero-order valence-electron chi connectivity index (χ0n) is 15.8. The second-order valence-corrected chi connectivity index (χ2v) is 9.04. The summed E-state index contributed by atoms with van der Waals surface area (Å²) in [5.41, 5.74) is 0.956. The molecule has 3 rings (SSSR count). The van der Waals surface area contributed by atoms with Crippen LogP contribution in [0.2, 0.25) is 0 Å². The van der Waals surface area contributed by atoms with Crippen LogP contribution in [0.1, 0.15) is 24.8 Å². The van der Waals surface area contributed by atoms with E-state index >= 15 is 0 Å². The first-order valence-corrected chi connectivity index (χ1v) is 11.5. The van der Waals surface area contributed by atoms with Gasteiger partial charge in [-0.15, -0.1) is 0 Å².